The number of aliphatic hydroxyl groups excluding tert-OH is 1. The van der Waals surface area contributed by atoms with Gasteiger partial charge in [-0.2, -0.15) is 0 Å². The summed E-state index contributed by atoms with van der Waals surface area (Å²) in [6.45, 7) is 1.26. The molecule has 90 valence electrons. The summed E-state index contributed by atoms with van der Waals surface area (Å²) < 4.78 is 0. The average Bonchev–Trinajstić information content (AvgIpc) is 2.59. The standard InChI is InChI=1S/C8H12N2O5S/c1-3(11)5(7(13)14)10-6(12)4-2-16-8(15)9-4/h3-5,11H,2H2,1H3,(H,9,15)(H,10,12)(H,13,14). The fourth-order valence-electron chi connectivity index (χ4n) is 1.17. The highest BCUT2D eigenvalue weighted by molar-refractivity contribution is 8.14. The van der Waals surface area contributed by atoms with E-state index in [2.05, 4.69) is 10.6 Å². The minimum absolute atomic E-state index is 0.261. The Morgan fingerprint density at radius 3 is 2.62 bits per heavy atom. The van der Waals surface area contributed by atoms with Crippen LogP contribution in [-0.2, 0) is 9.59 Å². The number of hydrogen-bond donors (Lipinski definition) is 4. The number of carbonyl (C=O) groups excluding carboxylic acids is 2. The minimum Gasteiger partial charge on any atom is -0.480 e. The smallest absolute Gasteiger partial charge is 0.328 e. The van der Waals surface area contributed by atoms with E-state index in [-0.39, 0.29) is 11.0 Å². The van der Waals surface area contributed by atoms with Gasteiger partial charge in [0.25, 0.3) is 5.24 Å². The Hall–Kier alpha value is -1.28. The van der Waals surface area contributed by atoms with Crippen molar-refractivity contribution in [2.45, 2.75) is 25.1 Å². The molecule has 0 aromatic rings. The number of amides is 2. The Kier molecular flexibility index (Phi) is 4.13. The molecule has 16 heavy (non-hydrogen) atoms. The molecule has 1 fully saturated rings. The van der Waals surface area contributed by atoms with Gasteiger partial charge in [-0.25, -0.2) is 4.79 Å². The van der Waals surface area contributed by atoms with Crippen LogP contribution in [0.15, 0.2) is 0 Å². The van der Waals surface area contributed by atoms with Crippen LogP contribution in [0.5, 0.6) is 0 Å². The van der Waals surface area contributed by atoms with Gasteiger partial charge in [0.05, 0.1) is 6.10 Å². The van der Waals surface area contributed by atoms with Crippen LogP contribution < -0.4 is 10.6 Å². The van der Waals surface area contributed by atoms with Gasteiger partial charge in [0.2, 0.25) is 5.91 Å². The van der Waals surface area contributed by atoms with E-state index < -0.39 is 30.1 Å². The summed E-state index contributed by atoms with van der Waals surface area (Å²) in [6.07, 6.45) is -1.20. The Bertz CT molecular complexity index is 320. The SMILES string of the molecule is CC(O)C(NC(=O)C1CSC(=O)N1)C(=O)O. The van der Waals surface area contributed by atoms with Crippen LogP contribution in [0.1, 0.15) is 6.92 Å². The molecule has 2 amide bonds. The number of thioether (sulfide) groups is 1. The molecule has 1 rings (SSSR count). The molecule has 0 radical (unpaired) electrons. The zero-order chi connectivity index (χ0) is 12.3. The Morgan fingerprint density at radius 2 is 2.25 bits per heavy atom. The molecule has 0 aromatic carbocycles. The third-order valence-electron chi connectivity index (χ3n) is 2.04. The van der Waals surface area contributed by atoms with Gasteiger partial charge in [-0.05, 0) is 6.92 Å². The highest BCUT2D eigenvalue weighted by Crippen LogP contribution is 2.13. The molecule has 7 nitrogen and oxygen atoms in total. The fourth-order valence-corrected chi connectivity index (χ4v) is 1.95. The lowest BCUT2D eigenvalue weighted by Gasteiger charge is -2.19. The van der Waals surface area contributed by atoms with Gasteiger partial charge in [0.1, 0.15) is 6.04 Å². The number of carbonyl (C=O) groups is 3. The number of rotatable bonds is 4. The number of carboxylic acids is 1. The van der Waals surface area contributed by atoms with Gasteiger partial charge in [-0.3, -0.25) is 9.59 Å². The maximum Gasteiger partial charge on any atom is 0.328 e. The topological polar surface area (TPSA) is 116 Å². The van der Waals surface area contributed by atoms with Crippen molar-refractivity contribution >= 4 is 28.9 Å². The van der Waals surface area contributed by atoms with E-state index in [1.165, 1.54) is 6.92 Å². The van der Waals surface area contributed by atoms with Gasteiger partial charge >= 0.3 is 5.97 Å². The number of aliphatic hydroxyl groups is 1. The van der Waals surface area contributed by atoms with E-state index in [0.717, 1.165) is 11.8 Å². The summed E-state index contributed by atoms with van der Waals surface area (Å²) in [5, 5.41) is 22.1. The summed E-state index contributed by atoms with van der Waals surface area (Å²) in [5.41, 5.74) is 0. The lowest BCUT2D eigenvalue weighted by Crippen LogP contribution is -2.53. The van der Waals surface area contributed by atoms with E-state index in [0.29, 0.717) is 0 Å². The first-order valence-electron chi connectivity index (χ1n) is 4.56. The largest absolute Gasteiger partial charge is 0.480 e. The van der Waals surface area contributed by atoms with Gasteiger partial charge in [-0.1, -0.05) is 11.8 Å². The molecule has 0 aliphatic carbocycles. The second-order valence-electron chi connectivity index (χ2n) is 3.36. The fraction of sp³-hybridized carbons (Fsp3) is 0.625. The van der Waals surface area contributed by atoms with Crippen LogP contribution in [0, 0.1) is 0 Å². The van der Waals surface area contributed by atoms with Crippen molar-refractivity contribution in [1.82, 2.24) is 10.6 Å². The first-order chi connectivity index (χ1) is 7.41. The summed E-state index contributed by atoms with van der Waals surface area (Å²) in [4.78, 5) is 33.0. The first kappa shape index (κ1) is 12.8. The quantitative estimate of drug-likeness (QED) is 0.494. The molecular weight excluding hydrogens is 236 g/mol. The molecule has 3 atom stereocenters. The second-order valence-corrected chi connectivity index (χ2v) is 4.35. The number of carboxylic acid groups (broad SMARTS) is 1. The van der Waals surface area contributed by atoms with Crippen LogP contribution in [-0.4, -0.2) is 51.3 Å². The molecule has 1 heterocycles. The highest BCUT2D eigenvalue weighted by Gasteiger charge is 2.32. The molecule has 8 heteroatoms. The van der Waals surface area contributed by atoms with Crippen molar-refractivity contribution < 1.29 is 24.6 Å². The summed E-state index contributed by atoms with van der Waals surface area (Å²) >= 11 is 0.957. The minimum atomic E-state index is -1.37. The molecule has 1 aliphatic rings. The lowest BCUT2D eigenvalue weighted by molar-refractivity contribution is -0.144. The van der Waals surface area contributed by atoms with Crippen LogP contribution in [0.3, 0.4) is 0 Å². The van der Waals surface area contributed by atoms with Crippen molar-refractivity contribution in [2.75, 3.05) is 5.75 Å². The van der Waals surface area contributed by atoms with Gasteiger partial charge in [0.15, 0.2) is 6.04 Å². The maximum absolute atomic E-state index is 11.5. The Labute approximate surface area is 95.6 Å². The number of nitrogens with one attached hydrogen (secondary N) is 2. The monoisotopic (exact) mass is 248 g/mol. The number of hydrogen-bond acceptors (Lipinski definition) is 5. The first-order valence-corrected chi connectivity index (χ1v) is 5.55. The zero-order valence-electron chi connectivity index (χ0n) is 8.47. The van der Waals surface area contributed by atoms with Crippen molar-refractivity contribution in [3.05, 3.63) is 0 Å². The van der Waals surface area contributed by atoms with Gasteiger partial charge in [0, 0.05) is 5.75 Å². The van der Waals surface area contributed by atoms with E-state index in [9.17, 15) is 14.4 Å². The third-order valence-corrected chi connectivity index (χ3v) is 2.92. The maximum atomic E-state index is 11.5. The van der Waals surface area contributed by atoms with Crippen LogP contribution in [0.4, 0.5) is 4.79 Å². The molecule has 1 aliphatic heterocycles. The van der Waals surface area contributed by atoms with Gasteiger partial charge < -0.3 is 20.8 Å². The molecule has 0 spiro atoms. The van der Waals surface area contributed by atoms with Gasteiger partial charge in [-0.15, -0.1) is 0 Å². The van der Waals surface area contributed by atoms with E-state index in [1.807, 2.05) is 0 Å². The molecule has 1 saturated heterocycles. The zero-order valence-corrected chi connectivity index (χ0v) is 9.28. The molecule has 4 N–H and O–H groups in total. The molecule has 0 saturated carbocycles. The highest BCUT2D eigenvalue weighted by atomic mass is 32.2. The van der Waals surface area contributed by atoms with E-state index in [4.69, 9.17) is 10.2 Å². The summed E-state index contributed by atoms with van der Waals surface area (Å²) in [7, 11) is 0. The van der Waals surface area contributed by atoms with Crippen molar-refractivity contribution in [3.8, 4) is 0 Å². The van der Waals surface area contributed by atoms with Crippen molar-refractivity contribution in [1.29, 1.82) is 0 Å². The Morgan fingerprint density at radius 1 is 1.62 bits per heavy atom. The molecular formula is C8H12N2O5S. The van der Waals surface area contributed by atoms with Crippen LogP contribution in [0.25, 0.3) is 0 Å². The normalized spacial score (nSPS) is 23.4. The van der Waals surface area contributed by atoms with Crippen molar-refractivity contribution in [2.24, 2.45) is 0 Å². The molecule has 0 aromatic heterocycles. The molecule has 0 bridgehead atoms. The molecule has 3 unspecified atom stereocenters. The van der Waals surface area contributed by atoms with E-state index in [1.54, 1.807) is 0 Å². The van der Waals surface area contributed by atoms with E-state index >= 15 is 0 Å². The predicted octanol–water partition coefficient (Wildman–Crippen LogP) is -1.24. The van der Waals surface area contributed by atoms with Crippen LogP contribution in [0.2, 0.25) is 0 Å². The second kappa shape index (κ2) is 5.17. The summed E-state index contributed by atoms with van der Waals surface area (Å²) in [6, 6.07) is -2.10. The summed E-state index contributed by atoms with van der Waals surface area (Å²) in [5.74, 6) is -1.66. The van der Waals surface area contributed by atoms with Crippen LogP contribution >= 0.6 is 11.8 Å². The average molecular weight is 248 g/mol. The predicted molar refractivity (Wildman–Crippen MR) is 56.0 cm³/mol. The lowest BCUT2D eigenvalue weighted by atomic mass is 10.1. The van der Waals surface area contributed by atoms with Crippen molar-refractivity contribution in [3.63, 3.8) is 0 Å². The number of aliphatic carboxylic acids is 1. The third kappa shape index (κ3) is 3.11. The Balaban J connectivity index is 2.55.